The monoisotopic (exact) mass is 470 g/mol. The summed E-state index contributed by atoms with van der Waals surface area (Å²) in [7, 11) is 3.42. The van der Waals surface area contributed by atoms with Crippen molar-refractivity contribution in [3.63, 3.8) is 0 Å². The van der Waals surface area contributed by atoms with Gasteiger partial charge >= 0.3 is 0 Å². The van der Waals surface area contributed by atoms with E-state index in [0.717, 1.165) is 48.3 Å². The SMILES string of the molecule is COc1cc(C)c(O)c(CC=C(C)CC2=C[C@]3(C)CCC[C@]3(C)[C@@]3(C[C@@H](OC)C(C)(C)O3)O2)c1. The summed E-state index contributed by atoms with van der Waals surface area (Å²) in [5, 5.41) is 10.5. The molecule has 2 heterocycles. The van der Waals surface area contributed by atoms with Gasteiger partial charge in [0, 0.05) is 36.3 Å². The molecule has 3 aliphatic rings. The van der Waals surface area contributed by atoms with Gasteiger partial charge in [-0.1, -0.05) is 31.9 Å². The van der Waals surface area contributed by atoms with Crippen LogP contribution in [0.5, 0.6) is 11.5 Å². The molecule has 1 aromatic carbocycles. The highest BCUT2D eigenvalue weighted by atomic mass is 16.7. The molecule has 34 heavy (non-hydrogen) atoms. The zero-order valence-electron chi connectivity index (χ0n) is 22.2. The number of hydrogen-bond acceptors (Lipinski definition) is 5. The van der Waals surface area contributed by atoms with E-state index in [1.165, 1.54) is 12.0 Å². The fourth-order valence-electron chi connectivity index (χ4n) is 6.53. The van der Waals surface area contributed by atoms with Crippen molar-refractivity contribution >= 4 is 0 Å². The van der Waals surface area contributed by atoms with Crippen LogP contribution in [-0.4, -0.2) is 36.8 Å². The lowest BCUT2D eigenvalue weighted by atomic mass is 9.60. The fraction of sp³-hybridized carbons (Fsp3) is 0.655. The van der Waals surface area contributed by atoms with Crippen molar-refractivity contribution in [1.29, 1.82) is 0 Å². The number of phenols is 1. The number of phenolic OH excluding ortho intramolecular Hbond substituents is 1. The van der Waals surface area contributed by atoms with Gasteiger partial charge in [0.25, 0.3) is 0 Å². The number of rotatable bonds is 6. The predicted molar refractivity (Wildman–Crippen MR) is 134 cm³/mol. The molecule has 1 saturated heterocycles. The Morgan fingerprint density at radius 1 is 1.18 bits per heavy atom. The molecule has 2 aliphatic heterocycles. The predicted octanol–water partition coefficient (Wildman–Crippen LogP) is 6.61. The molecule has 5 nitrogen and oxygen atoms in total. The van der Waals surface area contributed by atoms with Crippen LogP contribution in [0.2, 0.25) is 0 Å². The maximum absolute atomic E-state index is 10.5. The highest BCUT2D eigenvalue weighted by Crippen LogP contribution is 2.67. The van der Waals surface area contributed by atoms with Gasteiger partial charge in [-0.15, -0.1) is 0 Å². The molecule has 1 aromatic rings. The van der Waals surface area contributed by atoms with Gasteiger partial charge in [-0.25, -0.2) is 0 Å². The molecule has 1 spiro atoms. The Morgan fingerprint density at radius 3 is 2.56 bits per heavy atom. The maximum Gasteiger partial charge on any atom is 0.219 e. The Bertz CT molecular complexity index is 1010. The first-order valence-corrected chi connectivity index (χ1v) is 12.5. The molecule has 0 amide bonds. The summed E-state index contributed by atoms with van der Waals surface area (Å²) in [6.07, 6.45) is 10.0. The van der Waals surface area contributed by atoms with E-state index in [9.17, 15) is 5.11 Å². The number of benzene rings is 1. The minimum Gasteiger partial charge on any atom is -0.507 e. The van der Waals surface area contributed by atoms with Gasteiger partial charge in [0.2, 0.25) is 5.79 Å². The molecule has 1 N–H and O–H groups in total. The molecular formula is C29H42O5. The number of hydrogen-bond donors (Lipinski definition) is 1. The van der Waals surface area contributed by atoms with Gasteiger partial charge in [0.15, 0.2) is 0 Å². The lowest BCUT2D eigenvalue weighted by molar-refractivity contribution is -0.309. The number of methoxy groups -OCH3 is 2. The van der Waals surface area contributed by atoms with E-state index >= 15 is 0 Å². The minimum atomic E-state index is -0.686. The van der Waals surface area contributed by atoms with Crippen LogP contribution in [0.15, 0.2) is 35.6 Å². The van der Waals surface area contributed by atoms with Crippen LogP contribution in [0.1, 0.15) is 77.8 Å². The number of ether oxygens (including phenoxy) is 4. The number of fused-ring (bicyclic) bond motifs is 2. The summed E-state index contributed by atoms with van der Waals surface area (Å²) in [6, 6.07) is 3.76. The lowest BCUT2D eigenvalue weighted by Gasteiger charge is -2.54. The Kier molecular flexibility index (Phi) is 6.35. The molecule has 1 saturated carbocycles. The Balaban J connectivity index is 1.60. The molecule has 0 bridgehead atoms. The van der Waals surface area contributed by atoms with Crippen LogP contribution in [0.3, 0.4) is 0 Å². The molecule has 5 heteroatoms. The van der Waals surface area contributed by atoms with Gasteiger partial charge in [-0.2, -0.15) is 0 Å². The van der Waals surface area contributed by atoms with Crippen molar-refractivity contribution in [3.05, 3.63) is 46.7 Å². The molecule has 0 radical (unpaired) electrons. The van der Waals surface area contributed by atoms with Crippen LogP contribution in [-0.2, 0) is 20.6 Å². The van der Waals surface area contributed by atoms with Crippen LogP contribution < -0.4 is 4.74 Å². The normalized spacial score (nSPS) is 34.6. The molecule has 4 atom stereocenters. The van der Waals surface area contributed by atoms with Crippen molar-refractivity contribution in [2.75, 3.05) is 14.2 Å². The van der Waals surface area contributed by atoms with Gasteiger partial charge in [-0.05, 0) is 70.7 Å². The van der Waals surface area contributed by atoms with Crippen LogP contribution in [0.25, 0.3) is 0 Å². The second kappa shape index (κ2) is 8.60. The third-order valence-electron chi connectivity index (χ3n) is 8.90. The molecule has 0 unspecified atom stereocenters. The summed E-state index contributed by atoms with van der Waals surface area (Å²) >= 11 is 0. The molecule has 4 rings (SSSR count). The third-order valence-corrected chi connectivity index (χ3v) is 8.90. The summed E-state index contributed by atoms with van der Waals surface area (Å²) in [6.45, 7) is 13.0. The average molecular weight is 471 g/mol. The Labute approximate surface area is 205 Å². The quantitative estimate of drug-likeness (QED) is 0.474. The second-order valence-electron chi connectivity index (χ2n) is 11.6. The zero-order valence-corrected chi connectivity index (χ0v) is 22.2. The van der Waals surface area contributed by atoms with Crippen molar-refractivity contribution in [2.45, 2.75) is 97.6 Å². The van der Waals surface area contributed by atoms with E-state index in [1.807, 2.05) is 19.1 Å². The van der Waals surface area contributed by atoms with Crippen molar-refractivity contribution in [2.24, 2.45) is 10.8 Å². The Morgan fingerprint density at radius 2 is 1.91 bits per heavy atom. The first-order chi connectivity index (χ1) is 15.9. The molecular weight excluding hydrogens is 428 g/mol. The minimum absolute atomic E-state index is 0.00978. The van der Waals surface area contributed by atoms with E-state index in [-0.39, 0.29) is 16.9 Å². The van der Waals surface area contributed by atoms with E-state index < -0.39 is 11.4 Å². The van der Waals surface area contributed by atoms with Gasteiger partial charge in [0.05, 0.1) is 18.8 Å². The smallest absolute Gasteiger partial charge is 0.219 e. The maximum atomic E-state index is 10.5. The highest BCUT2D eigenvalue weighted by molar-refractivity contribution is 5.46. The van der Waals surface area contributed by atoms with E-state index in [1.54, 1.807) is 14.2 Å². The van der Waals surface area contributed by atoms with Crippen molar-refractivity contribution < 1.29 is 24.1 Å². The summed E-state index contributed by atoms with van der Waals surface area (Å²) < 4.78 is 24.9. The number of aryl methyl sites for hydroxylation is 1. The Hall–Kier alpha value is -1.98. The lowest BCUT2D eigenvalue weighted by Crippen LogP contribution is -2.57. The van der Waals surface area contributed by atoms with Gasteiger partial charge in [-0.3, -0.25) is 0 Å². The molecule has 188 valence electrons. The number of aromatic hydroxyl groups is 1. The van der Waals surface area contributed by atoms with Crippen molar-refractivity contribution in [1.82, 2.24) is 0 Å². The first kappa shape index (κ1) is 25.1. The van der Waals surface area contributed by atoms with Crippen molar-refractivity contribution in [3.8, 4) is 11.5 Å². The average Bonchev–Trinajstić information content (AvgIpc) is 3.22. The van der Waals surface area contributed by atoms with Gasteiger partial charge in [0.1, 0.15) is 17.3 Å². The van der Waals surface area contributed by atoms with Crippen LogP contribution in [0, 0.1) is 17.8 Å². The van der Waals surface area contributed by atoms with E-state index in [4.69, 9.17) is 18.9 Å². The fourth-order valence-corrected chi connectivity index (χ4v) is 6.53. The first-order valence-electron chi connectivity index (χ1n) is 12.5. The number of allylic oxidation sites excluding steroid dienone is 3. The highest BCUT2D eigenvalue weighted by Gasteiger charge is 2.70. The summed E-state index contributed by atoms with van der Waals surface area (Å²) in [5.41, 5.74) is 2.40. The van der Waals surface area contributed by atoms with Crippen LogP contribution in [0.4, 0.5) is 0 Å². The summed E-state index contributed by atoms with van der Waals surface area (Å²) in [4.78, 5) is 0. The molecule has 1 aliphatic carbocycles. The topological polar surface area (TPSA) is 57.2 Å². The van der Waals surface area contributed by atoms with E-state index in [2.05, 4.69) is 46.8 Å². The molecule has 0 aromatic heterocycles. The summed E-state index contributed by atoms with van der Waals surface area (Å²) in [5.74, 6) is 1.39. The third kappa shape index (κ3) is 3.95. The standard InChI is InChI=1S/C29H42O5/c1-19(10-11-21-16-22(31-7)15-20(2)25(21)30)14-23-17-27(5)12-9-13-28(27,6)29(33-23)18-24(32-8)26(3,4)34-29/h10,15-17,24,30H,9,11-14,18H2,1-8H3/t24-,27+,28+,29+/m1/s1. The largest absolute Gasteiger partial charge is 0.507 e. The van der Waals surface area contributed by atoms with Gasteiger partial charge < -0.3 is 24.1 Å². The zero-order chi connectivity index (χ0) is 24.9. The molecule has 2 fully saturated rings. The second-order valence-corrected chi connectivity index (χ2v) is 11.6. The van der Waals surface area contributed by atoms with Crippen LogP contribution >= 0.6 is 0 Å². The van der Waals surface area contributed by atoms with E-state index in [0.29, 0.717) is 12.2 Å².